The summed E-state index contributed by atoms with van der Waals surface area (Å²) in [6.07, 6.45) is -0.933. The molecule has 1 aromatic rings. The Labute approximate surface area is 124 Å². The number of carboxylic acid groups (broad SMARTS) is 1. The van der Waals surface area contributed by atoms with Gasteiger partial charge in [-0.15, -0.1) is 0 Å². The molecule has 2 atom stereocenters. The van der Waals surface area contributed by atoms with Gasteiger partial charge >= 0.3 is 5.97 Å². The van der Waals surface area contributed by atoms with E-state index in [1.54, 1.807) is 18.2 Å². The zero-order chi connectivity index (χ0) is 14.7. The SMILES string of the molecule is COc1ccc(Br)cc1NC(=O)C1CCC(C(=O)O)O1. The second-order valence-corrected chi connectivity index (χ2v) is 5.28. The van der Waals surface area contributed by atoms with E-state index in [9.17, 15) is 9.59 Å². The van der Waals surface area contributed by atoms with Gasteiger partial charge in [-0.25, -0.2) is 4.79 Å². The Hall–Kier alpha value is -1.60. The van der Waals surface area contributed by atoms with Crippen LogP contribution >= 0.6 is 15.9 Å². The van der Waals surface area contributed by atoms with Crippen LogP contribution in [0, 0.1) is 0 Å². The average Bonchev–Trinajstić information content (AvgIpc) is 2.89. The number of hydrogen-bond donors (Lipinski definition) is 2. The van der Waals surface area contributed by atoms with Gasteiger partial charge in [0, 0.05) is 4.47 Å². The second kappa shape index (κ2) is 6.23. The highest BCUT2D eigenvalue weighted by Crippen LogP contribution is 2.29. The standard InChI is InChI=1S/C13H14BrNO5/c1-19-9-3-2-7(14)6-8(9)15-12(16)10-4-5-11(20-10)13(17)18/h2-3,6,10-11H,4-5H2,1H3,(H,15,16)(H,17,18). The zero-order valence-electron chi connectivity index (χ0n) is 10.8. The minimum absolute atomic E-state index is 0.336. The molecule has 1 saturated heterocycles. The van der Waals surface area contributed by atoms with Crippen molar-refractivity contribution in [2.24, 2.45) is 0 Å². The molecule has 1 amide bonds. The Morgan fingerprint density at radius 2 is 2.10 bits per heavy atom. The van der Waals surface area contributed by atoms with E-state index in [0.717, 1.165) is 4.47 Å². The van der Waals surface area contributed by atoms with Gasteiger partial charge in [-0.2, -0.15) is 0 Å². The molecule has 7 heteroatoms. The molecule has 1 heterocycles. The van der Waals surface area contributed by atoms with E-state index in [2.05, 4.69) is 21.2 Å². The molecule has 2 rings (SSSR count). The lowest BCUT2D eigenvalue weighted by Crippen LogP contribution is -2.30. The number of amides is 1. The Morgan fingerprint density at radius 3 is 2.70 bits per heavy atom. The van der Waals surface area contributed by atoms with E-state index < -0.39 is 18.2 Å². The van der Waals surface area contributed by atoms with Gasteiger partial charge in [-0.3, -0.25) is 4.79 Å². The number of halogens is 1. The van der Waals surface area contributed by atoms with Crippen molar-refractivity contribution >= 4 is 33.5 Å². The first-order valence-corrected chi connectivity index (χ1v) is 6.83. The molecule has 0 saturated carbocycles. The number of ether oxygens (including phenoxy) is 2. The molecule has 0 spiro atoms. The molecule has 2 unspecified atom stereocenters. The predicted octanol–water partition coefficient (Wildman–Crippen LogP) is 2.03. The summed E-state index contributed by atoms with van der Waals surface area (Å²) in [6, 6.07) is 5.22. The Bertz CT molecular complexity index is 533. The van der Waals surface area contributed by atoms with Crippen LogP contribution < -0.4 is 10.1 Å². The van der Waals surface area contributed by atoms with Crippen LogP contribution in [0.2, 0.25) is 0 Å². The van der Waals surface area contributed by atoms with Crippen molar-refractivity contribution in [2.75, 3.05) is 12.4 Å². The Morgan fingerprint density at radius 1 is 1.40 bits per heavy atom. The second-order valence-electron chi connectivity index (χ2n) is 4.36. The Kier molecular flexibility index (Phi) is 4.61. The quantitative estimate of drug-likeness (QED) is 0.873. The van der Waals surface area contributed by atoms with E-state index in [1.165, 1.54) is 7.11 Å². The van der Waals surface area contributed by atoms with E-state index in [1.807, 2.05) is 0 Å². The number of anilines is 1. The van der Waals surface area contributed by atoms with Gasteiger partial charge < -0.3 is 19.9 Å². The van der Waals surface area contributed by atoms with Gasteiger partial charge in [0.25, 0.3) is 5.91 Å². The average molecular weight is 344 g/mol. The zero-order valence-corrected chi connectivity index (χ0v) is 12.3. The largest absolute Gasteiger partial charge is 0.495 e. The van der Waals surface area contributed by atoms with Gasteiger partial charge in [0.05, 0.1) is 12.8 Å². The molecule has 0 aromatic heterocycles. The van der Waals surface area contributed by atoms with Crippen LogP contribution in [0.25, 0.3) is 0 Å². The number of aliphatic carboxylic acids is 1. The third-order valence-corrected chi connectivity index (χ3v) is 3.50. The van der Waals surface area contributed by atoms with Crippen LogP contribution in [0.3, 0.4) is 0 Å². The fourth-order valence-electron chi connectivity index (χ4n) is 2.00. The minimum Gasteiger partial charge on any atom is -0.495 e. The van der Waals surface area contributed by atoms with Gasteiger partial charge in [-0.1, -0.05) is 15.9 Å². The van der Waals surface area contributed by atoms with Crippen LogP contribution in [0.4, 0.5) is 5.69 Å². The van der Waals surface area contributed by atoms with Crippen LogP contribution in [-0.4, -0.2) is 36.3 Å². The first-order chi connectivity index (χ1) is 9.51. The highest BCUT2D eigenvalue weighted by atomic mass is 79.9. The number of nitrogens with one attached hydrogen (secondary N) is 1. The lowest BCUT2D eigenvalue weighted by Gasteiger charge is -2.14. The summed E-state index contributed by atoms with van der Waals surface area (Å²) >= 11 is 3.31. The molecule has 1 aliphatic rings. The molecule has 2 N–H and O–H groups in total. The van der Waals surface area contributed by atoms with Crippen molar-refractivity contribution < 1.29 is 24.2 Å². The molecule has 1 aromatic carbocycles. The molecule has 6 nitrogen and oxygen atoms in total. The fraction of sp³-hybridized carbons (Fsp3) is 0.385. The van der Waals surface area contributed by atoms with Crippen molar-refractivity contribution in [1.29, 1.82) is 0 Å². The number of carbonyl (C=O) groups is 2. The molecule has 0 aliphatic carbocycles. The number of carboxylic acids is 1. The van der Waals surface area contributed by atoms with Crippen molar-refractivity contribution in [2.45, 2.75) is 25.0 Å². The molecule has 0 radical (unpaired) electrons. The molecule has 108 valence electrons. The van der Waals surface area contributed by atoms with Gasteiger partial charge in [-0.05, 0) is 31.0 Å². The van der Waals surface area contributed by atoms with Crippen LogP contribution in [0.5, 0.6) is 5.75 Å². The maximum atomic E-state index is 12.1. The lowest BCUT2D eigenvalue weighted by molar-refractivity contribution is -0.150. The summed E-state index contributed by atoms with van der Waals surface area (Å²) in [7, 11) is 1.51. The molecular weight excluding hydrogens is 330 g/mol. The monoisotopic (exact) mass is 343 g/mol. The van der Waals surface area contributed by atoms with Gasteiger partial charge in [0.1, 0.15) is 11.9 Å². The summed E-state index contributed by atoms with van der Waals surface area (Å²) in [5, 5.41) is 11.5. The van der Waals surface area contributed by atoms with Gasteiger partial charge in [0.15, 0.2) is 6.10 Å². The van der Waals surface area contributed by atoms with Crippen LogP contribution in [0.1, 0.15) is 12.8 Å². The lowest BCUT2D eigenvalue weighted by atomic mass is 10.2. The Balaban J connectivity index is 2.05. The van der Waals surface area contributed by atoms with Crippen LogP contribution in [-0.2, 0) is 14.3 Å². The number of benzene rings is 1. The normalized spacial score (nSPS) is 21.5. The molecule has 1 fully saturated rings. The van der Waals surface area contributed by atoms with Gasteiger partial charge in [0.2, 0.25) is 0 Å². The first-order valence-electron chi connectivity index (χ1n) is 6.04. The molecule has 0 bridgehead atoms. The van der Waals surface area contributed by atoms with Crippen molar-refractivity contribution in [3.63, 3.8) is 0 Å². The van der Waals surface area contributed by atoms with E-state index in [-0.39, 0.29) is 5.91 Å². The summed E-state index contributed by atoms with van der Waals surface area (Å²) in [4.78, 5) is 22.9. The number of hydrogen-bond acceptors (Lipinski definition) is 4. The summed E-state index contributed by atoms with van der Waals surface area (Å²) < 4.78 is 11.1. The first kappa shape index (κ1) is 14.8. The molecular formula is C13H14BrNO5. The smallest absolute Gasteiger partial charge is 0.332 e. The third kappa shape index (κ3) is 3.29. The third-order valence-electron chi connectivity index (χ3n) is 3.01. The highest BCUT2D eigenvalue weighted by Gasteiger charge is 2.34. The maximum absolute atomic E-state index is 12.1. The topological polar surface area (TPSA) is 84.9 Å². The van der Waals surface area contributed by atoms with Crippen molar-refractivity contribution in [3.05, 3.63) is 22.7 Å². The molecule has 20 heavy (non-hydrogen) atoms. The summed E-state index contributed by atoms with van der Waals surface area (Å²) in [5.74, 6) is -0.889. The van der Waals surface area contributed by atoms with E-state index in [4.69, 9.17) is 14.6 Å². The van der Waals surface area contributed by atoms with E-state index in [0.29, 0.717) is 24.3 Å². The number of rotatable bonds is 4. The molecule has 1 aliphatic heterocycles. The minimum atomic E-state index is -1.04. The predicted molar refractivity (Wildman–Crippen MR) is 74.9 cm³/mol. The summed E-state index contributed by atoms with van der Waals surface area (Å²) in [5.41, 5.74) is 0.509. The van der Waals surface area contributed by atoms with E-state index >= 15 is 0 Å². The summed E-state index contributed by atoms with van der Waals surface area (Å²) in [6.45, 7) is 0. The van der Waals surface area contributed by atoms with Crippen LogP contribution in [0.15, 0.2) is 22.7 Å². The fourth-order valence-corrected chi connectivity index (χ4v) is 2.36. The maximum Gasteiger partial charge on any atom is 0.332 e. The van der Waals surface area contributed by atoms with Crippen molar-refractivity contribution in [3.8, 4) is 5.75 Å². The highest BCUT2D eigenvalue weighted by molar-refractivity contribution is 9.10. The number of carbonyl (C=O) groups excluding carboxylic acids is 1. The van der Waals surface area contributed by atoms with Crippen molar-refractivity contribution in [1.82, 2.24) is 0 Å². The number of methoxy groups -OCH3 is 1.